The van der Waals surface area contributed by atoms with Gasteiger partial charge in [-0.25, -0.2) is 0 Å². The topological polar surface area (TPSA) is 50.4 Å². The van der Waals surface area contributed by atoms with Gasteiger partial charge in [0.2, 0.25) is 5.91 Å². The van der Waals surface area contributed by atoms with Gasteiger partial charge in [-0.05, 0) is 43.7 Å². The first-order chi connectivity index (χ1) is 9.94. The number of piperidine rings is 1. The van der Waals surface area contributed by atoms with Crippen LogP contribution in [0, 0.1) is 5.92 Å². The Morgan fingerprint density at radius 1 is 1.33 bits per heavy atom. The normalized spacial score (nSPS) is 19.1. The number of halogens is 3. The smallest absolute Gasteiger partial charge is 0.422 e. The molecule has 1 heterocycles. The van der Waals surface area contributed by atoms with E-state index in [-0.39, 0.29) is 17.6 Å². The van der Waals surface area contributed by atoms with Crippen LogP contribution in [0.1, 0.15) is 12.8 Å². The second-order valence-electron chi connectivity index (χ2n) is 4.96. The van der Waals surface area contributed by atoms with Crippen molar-refractivity contribution in [3.8, 4) is 5.75 Å². The van der Waals surface area contributed by atoms with Crippen molar-refractivity contribution in [1.29, 1.82) is 0 Å². The molecule has 1 aromatic rings. The predicted octanol–water partition coefficient (Wildman–Crippen LogP) is 2.57. The number of carbonyl (C=O) groups is 1. The molecular weight excluding hydrogens is 285 g/mol. The lowest BCUT2D eigenvalue weighted by molar-refractivity contribution is -0.153. The lowest BCUT2D eigenvalue weighted by Crippen LogP contribution is -2.37. The van der Waals surface area contributed by atoms with Gasteiger partial charge < -0.3 is 15.4 Å². The Morgan fingerprint density at radius 2 is 2.05 bits per heavy atom. The molecule has 1 saturated heterocycles. The number of hydrogen-bond acceptors (Lipinski definition) is 3. The molecule has 1 aliphatic heterocycles. The first-order valence-electron chi connectivity index (χ1n) is 6.75. The van der Waals surface area contributed by atoms with E-state index in [1.54, 1.807) is 0 Å². The first-order valence-corrected chi connectivity index (χ1v) is 6.75. The number of carbonyl (C=O) groups excluding carboxylic acids is 1. The van der Waals surface area contributed by atoms with Crippen LogP contribution in [0.5, 0.6) is 5.75 Å². The SMILES string of the molecule is O=C(Nc1ccc(OCC(F)(F)F)cc1)C1CCCNC1. The summed E-state index contributed by atoms with van der Waals surface area (Å²) in [5, 5.41) is 5.91. The van der Waals surface area contributed by atoms with Crippen molar-refractivity contribution in [2.24, 2.45) is 5.92 Å². The molecule has 4 nitrogen and oxygen atoms in total. The number of nitrogens with one attached hydrogen (secondary N) is 2. The molecule has 7 heteroatoms. The van der Waals surface area contributed by atoms with Gasteiger partial charge >= 0.3 is 6.18 Å². The zero-order valence-electron chi connectivity index (χ0n) is 11.4. The molecule has 0 aliphatic carbocycles. The summed E-state index contributed by atoms with van der Waals surface area (Å²) >= 11 is 0. The number of rotatable bonds is 4. The van der Waals surface area contributed by atoms with Crippen LogP contribution in [-0.2, 0) is 4.79 Å². The Morgan fingerprint density at radius 3 is 2.62 bits per heavy atom. The summed E-state index contributed by atoms with van der Waals surface area (Å²) in [4.78, 5) is 12.0. The van der Waals surface area contributed by atoms with Gasteiger partial charge in [-0.1, -0.05) is 0 Å². The van der Waals surface area contributed by atoms with Gasteiger partial charge in [0.1, 0.15) is 5.75 Å². The van der Waals surface area contributed by atoms with Crippen molar-refractivity contribution in [2.45, 2.75) is 19.0 Å². The number of ether oxygens (including phenoxy) is 1. The minimum atomic E-state index is -4.36. The molecule has 1 atom stereocenters. The maximum atomic E-state index is 12.0. The van der Waals surface area contributed by atoms with Gasteiger partial charge in [-0.2, -0.15) is 13.2 Å². The van der Waals surface area contributed by atoms with Crippen LogP contribution in [0.15, 0.2) is 24.3 Å². The van der Waals surface area contributed by atoms with Gasteiger partial charge in [-0.15, -0.1) is 0 Å². The van der Waals surface area contributed by atoms with Gasteiger partial charge in [0.25, 0.3) is 0 Å². The minimum Gasteiger partial charge on any atom is -0.484 e. The van der Waals surface area contributed by atoms with Crippen LogP contribution in [-0.4, -0.2) is 31.8 Å². The van der Waals surface area contributed by atoms with E-state index in [1.807, 2.05) is 0 Å². The minimum absolute atomic E-state index is 0.0695. The highest BCUT2D eigenvalue weighted by Crippen LogP contribution is 2.21. The molecule has 2 rings (SSSR count). The number of hydrogen-bond donors (Lipinski definition) is 2. The summed E-state index contributed by atoms with van der Waals surface area (Å²) in [6, 6.07) is 5.86. The fourth-order valence-electron chi connectivity index (χ4n) is 2.12. The van der Waals surface area contributed by atoms with Crippen LogP contribution in [0.4, 0.5) is 18.9 Å². The van der Waals surface area contributed by atoms with Crippen LogP contribution in [0.3, 0.4) is 0 Å². The third-order valence-electron chi connectivity index (χ3n) is 3.19. The Kier molecular flexibility index (Phi) is 5.06. The molecule has 0 bridgehead atoms. The number of alkyl halides is 3. The maximum absolute atomic E-state index is 12.0. The zero-order valence-corrected chi connectivity index (χ0v) is 11.4. The lowest BCUT2D eigenvalue weighted by atomic mass is 9.99. The van der Waals surface area contributed by atoms with E-state index in [1.165, 1.54) is 24.3 Å². The lowest BCUT2D eigenvalue weighted by Gasteiger charge is -2.21. The number of anilines is 1. The molecule has 0 radical (unpaired) electrons. The molecule has 2 N–H and O–H groups in total. The summed E-state index contributed by atoms with van der Waals surface area (Å²) in [5.41, 5.74) is 0.546. The van der Waals surface area contributed by atoms with E-state index in [0.717, 1.165) is 19.4 Å². The average molecular weight is 302 g/mol. The van der Waals surface area contributed by atoms with Crippen molar-refractivity contribution in [3.05, 3.63) is 24.3 Å². The molecule has 1 aromatic carbocycles. The van der Waals surface area contributed by atoms with Crippen molar-refractivity contribution in [1.82, 2.24) is 5.32 Å². The second kappa shape index (κ2) is 6.80. The fraction of sp³-hybridized carbons (Fsp3) is 0.500. The molecule has 1 fully saturated rings. The zero-order chi connectivity index (χ0) is 15.3. The molecule has 1 aliphatic rings. The number of benzene rings is 1. The van der Waals surface area contributed by atoms with Crippen molar-refractivity contribution < 1.29 is 22.7 Å². The van der Waals surface area contributed by atoms with Gasteiger partial charge in [0, 0.05) is 12.2 Å². The third kappa shape index (κ3) is 5.26. The van der Waals surface area contributed by atoms with Gasteiger partial charge in [0.05, 0.1) is 5.92 Å². The maximum Gasteiger partial charge on any atom is 0.422 e. The predicted molar refractivity (Wildman–Crippen MR) is 72.2 cm³/mol. The van der Waals surface area contributed by atoms with E-state index in [9.17, 15) is 18.0 Å². The highest BCUT2D eigenvalue weighted by molar-refractivity contribution is 5.92. The summed E-state index contributed by atoms with van der Waals surface area (Å²) in [6.07, 6.45) is -2.56. The van der Waals surface area contributed by atoms with Crippen LogP contribution in [0.2, 0.25) is 0 Å². The molecule has 1 unspecified atom stereocenters. The van der Waals surface area contributed by atoms with Crippen LogP contribution in [0.25, 0.3) is 0 Å². The van der Waals surface area contributed by atoms with Crippen molar-refractivity contribution >= 4 is 11.6 Å². The highest BCUT2D eigenvalue weighted by Gasteiger charge is 2.28. The molecule has 116 valence electrons. The Bertz CT molecular complexity index is 468. The molecule has 0 aromatic heterocycles. The van der Waals surface area contributed by atoms with Crippen molar-refractivity contribution in [3.63, 3.8) is 0 Å². The van der Waals surface area contributed by atoms with Crippen LogP contribution < -0.4 is 15.4 Å². The molecule has 1 amide bonds. The Balaban J connectivity index is 1.85. The summed E-state index contributed by atoms with van der Waals surface area (Å²) in [7, 11) is 0. The standard InChI is InChI=1S/C14H17F3N2O2/c15-14(16,17)9-21-12-5-3-11(4-6-12)19-13(20)10-2-1-7-18-8-10/h3-6,10,18H,1-2,7-9H2,(H,19,20). The highest BCUT2D eigenvalue weighted by atomic mass is 19.4. The molecule has 0 spiro atoms. The summed E-state index contributed by atoms with van der Waals surface area (Å²) in [6.45, 7) is 0.250. The van der Waals surface area contributed by atoms with Crippen molar-refractivity contribution in [2.75, 3.05) is 25.0 Å². The average Bonchev–Trinajstić information content (AvgIpc) is 2.46. The van der Waals surface area contributed by atoms with Gasteiger partial charge in [0.15, 0.2) is 6.61 Å². The van der Waals surface area contributed by atoms with E-state index in [4.69, 9.17) is 0 Å². The largest absolute Gasteiger partial charge is 0.484 e. The fourth-order valence-corrected chi connectivity index (χ4v) is 2.12. The van der Waals surface area contributed by atoms with E-state index >= 15 is 0 Å². The monoisotopic (exact) mass is 302 g/mol. The molecule has 0 saturated carbocycles. The summed E-state index contributed by atoms with van der Waals surface area (Å²) < 4.78 is 40.6. The Labute approximate surface area is 120 Å². The molecule has 21 heavy (non-hydrogen) atoms. The van der Waals surface area contributed by atoms with Crippen LogP contribution >= 0.6 is 0 Å². The first kappa shape index (κ1) is 15.6. The second-order valence-corrected chi connectivity index (χ2v) is 4.96. The number of amides is 1. The van der Waals surface area contributed by atoms with E-state index in [2.05, 4.69) is 15.4 Å². The van der Waals surface area contributed by atoms with E-state index in [0.29, 0.717) is 12.2 Å². The van der Waals surface area contributed by atoms with Gasteiger partial charge in [-0.3, -0.25) is 4.79 Å². The third-order valence-corrected chi connectivity index (χ3v) is 3.19. The summed E-state index contributed by atoms with van der Waals surface area (Å²) in [5.74, 6) is -0.0317. The van der Waals surface area contributed by atoms with E-state index < -0.39 is 12.8 Å². The quantitative estimate of drug-likeness (QED) is 0.899. The Hall–Kier alpha value is -1.76. The molecular formula is C14H17F3N2O2.